The first-order valence-electron chi connectivity index (χ1n) is 5.35. The van der Waals surface area contributed by atoms with E-state index >= 15 is 0 Å². The maximum atomic E-state index is 11.8. The Kier molecular flexibility index (Phi) is 3.71. The molecular weight excluding hydrogens is 236 g/mol. The standard InChI is InChI=1S/C12H14N2O2S/c1-8-14-10-4-3-9(7-11(10)17-8)12(15)13-5-6-16-2/h3-4,7H,5-6H2,1-2H3,(H,13,15). The molecule has 1 aromatic carbocycles. The van der Waals surface area contributed by atoms with Crippen LogP contribution in [0, 0.1) is 6.92 Å². The largest absolute Gasteiger partial charge is 0.383 e. The fourth-order valence-corrected chi connectivity index (χ4v) is 2.42. The van der Waals surface area contributed by atoms with Gasteiger partial charge in [-0.15, -0.1) is 11.3 Å². The Morgan fingerprint density at radius 1 is 1.53 bits per heavy atom. The monoisotopic (exact) mass is 250 g/mol. The number of nitrogens with zero attached hydrogens (tertiary/aromatic N) is 1. The molecule has 1 amide bonds. The molecule has 17 heavy (non-hydrogen) atoms. The molecule has 1 N–H and O–H groups in total. The lowest BCUT2D eigenvalue weighted by atomic mass is 10.2. The Morgan fingerprint density at radius 3 is 3.12 bits per heavy atom. The Morgan fingerprint density at radius 2 is 2.35 bits per heavy atom. The zero-order valence-corrected chi connectivity index (χ0v) is 10.6. The average Bonchev–Trinajstić information content (AvgIpc) is 2.68. The molecule has 0 aliphatic carbocycles. The van der Waals surface area contributed by atoms with Gasteiger partial charge < -0.3 is 10.1 Å². The number of aryl methyl sites for hydroxylation is 1. The van der Waals surface area contributed by atoms with Gasteiger partial charge in [0.2, 0.25) is 0 Å². The molecule has 1 heterocycles. The molecule has 2 aromatic rings. The Hall–Kier alpha value is -1.46. The van der Waals surface area contributed by atoms with Crippen molar-refractivity contribution in [2.45, 2.75) is 6.92 Å². The molecule has 5 heteroatoms. The predicted octanol–water partition coefficient (Wildman–Crippen LogP) is 1.98. The quantitative estimate of drug-likeness (QED) is 0.844. The van der Waals surface area contributed by atoms with Crippen LogP contribution in [0.2, 0.25) is 0 Å². The molecule has 0 bridgehead atoms. The number of fused-ring (bicyclic) bond motifs is 1. The molecule has 0 aliphatic rings. The predicted molar refractivity (Wildman–Crippen MR) is 68.6 cm³/mol. The average molecular weight is 250 g/mol. The molecule has 0 spiro atoms. The van der Waals surface area contributed by atoms with Crippen molar-refractivity contribution in [3.8, 4) is 0 Å². The van der Waals surface area contributed by atoms with Crippen molar-refractivity contribution in [2.75, 3.05) is 20.3 Å². The van der Waals surface area contributed by atoms with Crippen LogP contribution < -0.4 is 5.32 Å². The summed E-state index contributed by atoms with van der Waals surface area (Å²) >= 11 is 1.60. The molecule has 0 saturated carbocycles. The van der Waals surface area contributed by atoms with E-state index in [1.54, 1.807) is 24.5 Å². The van der Waals surface area contributed by atoms with Crippen LogP contribution in [0.3, 0.4) is 0 Å². The minimum absolute atomic E-state index is 0.0741. The first-order chi connectivity index (χ1) is 8.20. The second kappa shape index (κ2) is 5.25. The van der Waals surface area contributed by atoms with Gasteiger partial charge in [-0.2, -0.15) is 0 Å². The number of amides is 1. The number of aromatic nitrogens is 1. The van der Waals surface area contributed by atoms with Crippen LogP contribution in [0.1, 0.15) is 15.4 Å². The van der Waals surface area contributed by atoms with E-state index in [0.29, 0.717) is 18.7 Å². The highest BCUT2D eigenvalue weighted by Gasteiger charge is 2.07. The summed E-state index contributed by atoms with van der Waals surface area (Å²) in [6, 6.07) is 5.55. The number of ether oxygens (including phenoxy) is 1. The van der Waals surface area contributed by atoms with E-state index in [9.17, 15) is 4.79 Å². The van der Waals surface area contributed by atoms with Crippen molar-refractivity contribution in [1.29, 1.82) is 0 Å². The fraction of sp³-hybridized carbons (Fsp3) is 0.333. The normalized spacial score (nSPS) is 10.7. The fourth-order valence-electron chi connectivity index (χ4n) is 1.55. The van der Waals surface area contributed by atoms with Crippen LogP contribution in [0.15, 0.2) is 18.2 Å². The van der Waals surface area contributed by atoms with Crippen LogP contribution >= 0.6 is 11.3 Å². The molecule has 1 aromatic heterocycles. The summed E-state index contributed by atoms with van der Waals surface area (Å²) in [6.07, 6.45) is 0. The zero-order chi connectivity index (χ0) is 12.3. The van der Waals surface area contributed by atoms with E-state index in [0.717, 1.165) is 15.2 Å². The molecule has 0 fully saturated rings. The summed E-state index contributed by atoms with van der Waals surface area (Å²) in [4.78, 5) is 16.1. The van der Waals surface area contributed by atoms with Crippen molar-refractivity contribution >= 4 is 27.5 Å². The summed E-state index contributed by atoms with van der Waals surface area (Å²) in [6.45, 7) is 3.01. The molecule has 0 aliphatic heterocycles. The van der Waals surface area contributed by atoms with E-state index in [4.69, 9.17) is 4.74 Å². The molecule has 2 rings (SSSR count). The van der Waals surface area contributed by atoms with Gasteiger partial charge in [-0.3, -0.25) is 4.79 Å². The number of carbonyl (C=O) groups is 1. The maximum Gasteiger partial charge on any atom is 0.251 e. The van der Waals surface area contributed by atoms with Gasteiger partial charge in [0, 0.05) is 19.2 Å². The van der Waals surface area contributed by atoms with Gasteiger partial charge in [-0.25, -0.2) is 4.98 Å². The number of thiazole rings is 1. The van der Waals surface area contributed by atoms with Crippen LogP contribution in [0.25, 0.3) is 10.2 Å². The van der Waals surface area contributed by atoms with Gasteiger partial charge in [0.25, 0.3) is 5.91 Å². The maximum absolute atomic E-state index is 11.8. The van der Waals surface area contributed by atoms with Gasteiger partial charge in [0.05, 0.1) is 21.8 Å². The first-order valence-corrected chi connectivity index (χ1v) is 6.16. The lowest BCUT2D eigenvalue weighted by Crippen LogP contribution is -2.26. The third kappa shape index (κ3) is 2.81. The topological polar surface area (TPSA) is 51.2 Å². The summed E-state index contributed by atoms with van der Waals surface area (Å²) in [7, 11) is 1.61. The van der Waals surface area contributed by atoms with Gasteiger partial charge in [0.1, 0.15) is 0 Å². The second-order valence-electron chi connectivity index (χ2n) is 3.66. The molecule has 90 valence electrons. The molecule has 0 saturated heterocycles. The van der Waals surface area contributed by atoms with Crippen molar-refractivity contribution in [2.24, 2.45) is 0 Å². The summed E-state index contributed by atoms with van der Waals surface area (Å²) in [5, 5.41) is 3.80. The highest BCUT2D eigenvalue weighted by molar-refractivity contribution is 7.18. The molecular formula is C12H14N2O2S. The van der Waals surface area contributed by atoms with Crippen molar-refractivity contribution in [3.05, 3.63) is 28.8 Å². The number of carbonyl (C=O) groups excluding carboxylic acids is 1. The van der Waals surface area contributed by atoms with Crippen LogP contribution in [-0.2, 0) is 4.74 Å². The Balaban J connectivity index is 2.15. The van der Waals surface area contributed by atoms with Gasteiger partial charge in [-0.1, -0.05) is 0 Å². The molecule has 0 unspecified atom stereocenters. The lowest BCUT2D eigenvalue weighted by molar-refractivity contribution is 0.0937. The highest BCUT2D eigenvalue weighted by atomic mass is 32.1. The minimum Gasteiger partial charge on any atom is -0.383 e. The first kappa shape index (κ1) is 12.0. The number of methoxy groups -OCH3 is 1. The van der Waals surface area contributed by atoms with Crippen LogP contribution in [0.5, 0.6) is 0 Å². The molecule has 0 radical (unpaired) electrons. The van der Waals surface area contributed by atoms with E-state index in [-0.39, 0.29) is 5.91 Å². The third-order valence-corrected chi connectivity index (χ3v) is 3.28. The number of rotatable bonds is 4. The summed E-state index contributed by atoms with van der Waals surface area (Å²) in [5.41, 5.74) is 1.61. The number of benzene rings is 1. The summed E-state index contributed by atoms with van der Waals surface area (Å²) < 4.78 is 5.92. The molecule has 0 atom stereocenters. The number of nitrogens with one attached hydrogen (secondary N) is 1. The minimum atomic E-state index is -0.0741. The smallest absolute Gasteiger partial charge is 0.251 e. The van der Waals surface area contributed by atoms with E-state index in [1.807, 2.05) is 19.1 Å². The van der Waals surface area contributed by atoms with E-state index in [2.05, 4.69) is 10.3 Å². The van der Waals surface area contributed by atoms with Crippen molar-refractivity contribution in [3.63, 3.8) is 0 Å². The van der Waals surface area contributed by atoms with Crippen molar-refractivity contribution < 1.29 is 9.53 Å². The van der Waals surface area contributed by atoms with Gasteiger partial charge in [-0.05, 0) is 25.1 Å². The summed E-state index contributed by atoms with van der Waals surface area (Å²) in [5.74, 6) is -0.0741. The Labute approximate surface area is 104 Å². The Bertz CT molecular complexity index is 536. The highest BCUT2D eigenvalue weighted by Crippen LogP contribution is 2.22. The number of hydrogen-bond acceptors (Lipinski definition) is 4. The third-order valence-electron chi connectivity index (χ3n) is 2.35. The van der Waals surface area contributed by atoms with Crippen LogP contribution in [0.4, 0.5) is 0 Å². The number of hydrogen-bond donors (Lipinski definition) is 1. The van der Waals surface area contributed by atoms with Gasteiger partial charge in [0.15, 0.2) is 0 Å². The van der Waals surface area contributed by atoms with Gasteiger partial charge >= 0.3 is 0 Å². The van der Waals surface area contributed by atoms with E-state index < -0.39 is 0 Å². The van der Waals surface area contributed by atoms with Crippen LogP contribution in [-0.4, -0.2) is 31.2 Å². The second-order valence-corrected chi connectivity index (χ2v) is 4.90. The van der Waals surface area contributed by atoms with E-state index in [1.165, 1.54) is 0 Å². The van der Waals surface area contributed by atoms with Crippen molar-refractivity contribution in [1.82, 2.24) is 10.3 Å². The SMILES string of the molecule is COCCNC(=O)c1ccc2nc(C)sc2c1. The molecule has 4 nitrogen and oxygen atoms in total. The zero-order valence-electron chi connectivity index (χ0n) is 9.82. The lowest BCUT2D eigenvalue weighted by Gasteiger charge is -2.03.